The predicted molar refractivity (Wildman–Crippen MR) is 195 cm³/mol. The van der Waals surface area contributed by atoms with E-state index in [2.05, 4.69) is 17.2 Å². The van der Waals surface area contributed by atoms with Gasteiger partial charge in [0.05, 0.1) is 0 Å². The number of amides is 3. The van der Waals surface area contributed by atoms with Crippen molar-refractivity contribution >= 4 is 30.0 Å². The molecule has 0 radical (unpaired) electrons. The number of rotatable bonds is 13. The molecule has 3 unspecified atom stereocenters. The zero-order valence-corrected chi connectivity index (χ0v) is 30.1. The van der Waals surface area contributed by atoms with Crippen LogP contribution in [-0.4, -0.2) is 58.1 Å². The average Bonchev–Trinajstić information content (AvgIpc) is 3.02. The molecule has 0 aliphatic heterocycles. The number of alkyl carbamates (subject to hydrolysis) is 1. The van der Waals surface area contributed by atoms with Gasteiger partial charge in [0.2, 0.25) is 11.8 Å². The van der Waals surface area contributed by atoms with Crippen molar-refractivity contribution in [1.29, 1.82) is 0 Å². The molecule has 3 aromatic carbocycles. The van der Waals surface area contributed by atoms with E-state index in [0.29, 0.717) is 18.4 Å². The molecular formula is C41H51N3O6. The van der Waals surface area contributed by atoms with E-state index in [0.717, 1.165) is 23.1 Å². The molecule has 1 aliphatic carbocycles. The van der Waals surface area contributed by atoms with Crippen LogP contribution in [0.1, 0.15) is 89.1 Å². The zero-order chi connectivity index (χ0) is 36.5. The van der Waals surface area contributed by atoms with Crippen LogP contribution < -0.4 is 10.6 Å². The first-order chi connectivity index (χ1) is 23.6. The number of benzene rings is 3. The number of carbonyl (C=O) groups excluding carboxylic acids is 4. The Hall–Kier alpha value is -4.92. The third-order valence-corrected chi connectivity index (χ3v) is 8.27. The van der Waals surface area contributed by atoms with Crippen molar-refractivity contribution in [2.45, 2.75) is 109 Å². The summed E-state index contributed by atoms with van der Waals surface area (Å²) in [5, 5.41) is 5.79. The van der Waals surface area contributed by atoms with Gasteiger partial charge in [0.25, 0.3) is 0 Å². The van der Waals surface area contributed by atoms with E-state index in [4.69, 9.17) is 9.47 Å². The van der Waals surface area contributed by atoms with Crippen molar-refractivity contribution in [3.8, 4) is 0 Å². The summed E-state index contributed by atoms with van der Waals surface area (Å²) in [6, 6.07) is 22.6. The highest BCUT2D eigenvalue weighted by Crippen LogP contribution is 2.35. The Kier molecular flexibility index (Phi) is 12.6. The Bertz CT molecular complexity index is 1620. The first kappa shape index (κ1) is 37.9. The highest BCUT2D eigenvalue weighted by atomic mass is 16.6. The first-order valence-electron chi connectivity index (χ1n) is 17.3. The van der Waals surface area contributed by atoms with Gasteiger partial charge in [-0.25, -0.2) is 9.59 Å². The molecule has 9 nitrogen and oxygen atoms in total. The number of nitrogens with zero attached hydrogens (tertiary/aromatic N) is 1. The quantitative estimate of drug-likeness (QED) is 0.189. The molecule has 0 aromatic heterocycles. The summed E-state index contributed by atoms with van der Waals surface area (Å²) in [7, 11) is 0. The summed E-state index contributed by atoms with van der Waals surface area (Å²) in [4.78, 5) is 58.0. The largest absolute Gasteiger partial charge is 0.458 e. The summed E-state index contributed by atoms with van der Waals surface area (Å²) in [5.74, 6) is -1.54. The fraction of sp³-hybridized carbons (Fsp3) is 0.415. The van der Waals surface area contributed by atoms with Crippen LogP contribution in [0.25, 0.3) is 6.08 Å². The lowest BCUT2D eigenvalue weighted by atomic mass is 9.87. The third-order valence-electron chi connectivity index (χ3n) is 8.27. The lowest BCUT2D eigenvalue weighted by Crippen LogP contribution is -2.59. The van der Waals surface area contributed by atoms with Gasteiger partial charge in [-0.1, -0.05) is 91.5 Å². The van der Waals surface area contributed by atoms with E-state index in [1.54, 1.807) is 58.6 Å². The molecule has 9 heteroatoms. The molecule has 3 amide bonds. The molecule has 266 valence electrons. The summed E-state index contributed by atoms with van der Waals surface area (Å²) in [6.45, 7) is 14.5. The molecule has 50 heavy (non-hydrogen) atoms. The Morgan fingerprint density at radius 1 is 0.780 bits per heavy atom. The fourth-order valence-corrected chi connectivity index (χ4v) is 5.82. The molecule has 1 fully saturated rings. The molecule has 0 heterocycles. The minimum atomic E-state index is -1.13. The highest BCUT2D eigenvalue weighted by Gasteiger charge is 2.43. The van der Waals surface area contributed by atoms with Gasteiger partial charge in [-0.2, -0.15) is 0 Å². The van der Waals surface area contributed by atoms with Crippen LogP contribution in [0.3, 0.4) is 0 Å². The smallest absolute Gasteiger partial charge is 0.408 e. The Balaban J connectivity index is 1.78. The maximum Gasteiger partial charge on any atom is 0.408 e. The Morgan fingerprint density at radius 2 is 1.34 bits per heavy atom. The van der Waals surface area contributed by atoms with Gasteiger partial charge in [-0.05, 0) is 89.1 Å². The Labute approximate surface area is 296 Å². The van der Waals surface area contributed by atoms with E-state index in [1.165, 1.54) is 0 Å². The predicted octanol–water partition coefficient (Wildman–Crippen LogP) is 6.96. The summed E-state index contributed by atoms with van der Waals surface area (Å²) < 4.78 is 11.3. The number of hydrogen-bond acceptors (Lipinski definition) is 6. The molecule has 1 saturated carbocycles. The van der Waals surface area contributed by atoms with Crippen LogP contribution in [-0.2, 0) is 36.7 Å². The standard InChI is InChI=1S/C41H51N3O6/c1-8-28-21-15-22-31(25-28)35(36(45)42-34(38(47)49-40(2,3)4)27-30-19-13-10-14-20-30)44(32-23-16-24-32)37(46)33(26-29-17-11-9-12-18-29)43-39(48)50-41(5,6)7/h8-15,17-22,25,32-35H,1,16,23-24,26-27H2,2-7H3,(H,42,45)(H,43,48). The highest BCUT2D eigenvalue weighted by molar-refractivity contribution is 5.94. The van der Waals surface area contributed by atoms with Crippen LogP contribution in [0.4, 0.5) is 4.79 Å². The second-order valence-corrected chi connectivity index (χ2v) is 14.8. The molecule has 0 saturated heterocycles. The molecule has 4 rings (SSSR count). The number of ether oxygens (including phenoxy) is 2. The summed E-state index contributed by atoms with van der Waals surface area (Å²) in [5.41, 5.74) is 1.41. The number of carbonyl (C=O) groups is 4. The van der Waals surface area contributed by atoms with Crippen molar-refractivity contribution < 1.29 is 28.7 Å². The molecule has 0 bridgehead atoms. The molecule has 0 spiro atoms. The fourth-order valence-electron chi connectivity index (χ4n) is 5.82. The number of hydrogen-bond donors (Lipinski definition) is 2. The van der Waals surface area contributed by atoms with Crippen LogP contribution in [0.2, 0.25) is 0 Å². The van der Waals surface area contributed by atoms with Crippen molar-refractivity contribution in [2.24, 2.45) is 0 Å². The van der Waals surface area contributed by atoms with Crippen molar-refractivity contribution in [3.05, 3.63) is 114 Å². The molecular weight excluding hydrogens is 630 g/mol. The van der Waals surface area contributed by atoms with E-state index >= 15 is 0 Å². The molecule has 1 aliphatic rings. The topological polar surface area (TPSA) is 114 Å². The van der Waals surface area contributed by atoms with Crippen LogP contribution in [0, 0.1) is 0 Å². The summed E-state index contributed by atoms with van der Waals surface area (Å²) >= 11 is 0. The molecule has 3 atom stereocenters. The van der Waals surface area contributed by atoms with Crippen molar-refractivity contribution in [2.75, 3.05) is 0 Å². The SMILES string of the molecule is C=Cc1cccc(C(C(=O)NC(Cc2ccccc2)C(=O)OC(C)(C)C)N(C(=O)C(Cc2ccccc2)NC(=O)OC(C)(C)C)C2CCC2)c1. The van der Waals surface area contributed by atoms with Gasteiger partial charge in [-0.15, -0.1) is 0 Å². The van der Waals surface area contributed by atoms with Gasteiger partial charge < -0.3 is 25.0 Å². The lowest BCUT2D eigenvalue weighted by Gasteiger charge is -2.44. The van der Waals surface area contributed by atoms with E-state index in [-0.39, 0.29) is 18.9 Å². The van der Waals surface area contributed by atoms with E-state index in [9.17, 15) is 19.2 Å². The number of esters is 1. The molecule has 3 aromatic rings. The lowest BCUT2D eigenvalue weighted by molar-refractivity contribution is -0.159. The van der Waals surface area contributed by atoms with Crippen molar-refractivity contribution in [1.82, 2.24) is 15.5 Å². The van der Waals surface area contributed by atoms with Gasteiger partial charge >= 0.3 is 12.1 Å². The number of nitrogens with one attached hydrogen (secondary N) is 2. The zero-order valence-electron chi connectivity index (χ0n) is 30.1. The van der Waals surface area contributed by atoms with E-state index < -0.39 is 53.2 Å². The Morgan fingerprint density at radius 3 is 1.84 bits per heavy atom. The van der Waals surface area contributed by atoms with E-state index in [1.807, 2.05) is 78.9 Å². The second kappa shape index (κ2) is 16.7. The normalized spacial score (nSPS) is 15.0. The van der Waals surface area contributed by atoms with Crippen LogP contribution in [0.5, 0.6) is 0 Å². The minimum absolute atomic E-state index is 0.178. The second-order valence-electron chi connectivity index (χ2n) is 14.8. The first-order valence-corrected chi connectivity index (χ1v) is 17.3. The molecule has 2 N–H and O–H groups in total. The van der Waals surface area contributed by atoms with Crippen molar-refractivity contribution in [3.63, 3.8) is 0 Å². The minimum Gasteiger partial charge on any atom is -0.458 e. The van der Waals surface area contributed by atoms with Gasteiger partial charge in [0.1, 0.15) is 29.3 Å². The summed E-state index contributed by atoms with van der Waals surface area (Å²) in [6.07, 6.45) is 3.55. The monoisotopic (exact) mass is 681 g/mol. The maximum atomic E-state index is 14.9. The maximum absolute atomic E-state index is 14.9. The van der Waals surface area contributed by atoms with Gasteiger partial charge in [-0.3, -0.25) is 9.59 Å². The van der Waals surface area contributed by atoms with Gasteiger partial charge in [0.15, 0.2) is 0 Å². The average molecular weight is 682 g/mol. The van der Waals surface area contributed by atoms with Crippen LogP contribution >= 0.6 is 0 Å². The van der Waals surface area contributed by atoms with Crippen LogP contribution in [0.15, 0.2) is 91.5 Å². The van der Waals surface area contributed by atoms with Gasteiger partial charge in [0, 0.05) is 18.9 Å². The third kappa shape index (κ3) is 11.1.